The van der Waals surface area contributed by atoms with E-state index in [1.165, 1.54) is 18.5 Å². The van der Waals surface area contributed by atoms with Crippen molar-refractivity contribution < 1.29 is 9.53 Å². The van der Waals surface area contributed by atoms with E-state index in [9.17, 15) is 4.79 Å². The zero-order valence-electron chi connectivity index (χ0n) is 17.1. The van der Waals surface area contributed by atoms with Gasteiger partial charge in [-0.15, -0.1) is 0 Å². The quantitative estimate of drug-likeness (QED) is 0.783. The number of anilines is 1. The van der Waals surface area contributed by atoms with Crippen molar-refractivity contribution in [1.29, 1.82) is 0 Å². The van der Waals surface area contributed by atoms with Crippen LogP contribution in [0.5, 0.6) is 0 Å². The molecule has 4 heterocycles. The molecule has 1 amide bonds. The van der Waals surface area contributed by atoms with E-state index < -0.39 is 0 Å². The summed E-state index contributed by atoms with van der Waals surface area (Å²) < 4.78 is 6.53. The molecule has 28 heavy (non-hydrogen) atoms. The summed E-state index contributed by atoms with van der Waals surface area (Å²) in [5.41, 5.74) is 1.15. The first-order valence-electron chi connectivity index (χ1n) is 11.1. The maximum Gasteiger partial charge on any atom is 0.220 e. The number of aromatic nitrogens is 2. The molecule has 6 nitrogen and oxygen atoms in total. The van der Waals surface area contributed by atoms with E-state index in [-0.39, 0.29) is 11.5 Å². The maximum atomic E-state index is 12.2. The van der Waals surface area contributed by atoms with Crippen LogP contribution >= 0.6 is 0 Å². The second-order valence-electron chi connectivity index (χ2n) is 9.72. The fourth-order valence-electron chi connectivity index (χ4n) is 5.51. The average Bonchev–Trinajstić information content (AvgIpc) is 3.26. The Bertz CT molecular complexity index is 750. The van der Waals surface area contributed by atoms with E-state index in [1.54, 1.807) is 6.33 Å². The number of hydrogen-bond acceptors (Lipinski definition) is 5. The number of carbonyl (C=O) groups excluding carboxylic acids is 1. The van der Waals surface area contributed by atoms with Crippen LogP contribution in [0.2, 0.25) is 0 Å². The van der Waals surface area contributed by atoms with Crippen molar-refractivity contribution in [2.75, 3.05) is 24.5 Å². The summed E-state index contributed by atoms with van der Waals surface area (Å²) >= 11 is 0. The first-order chi connectivity index (χ1) is 13.5. The van der Waals surface area contributed by atoms with Crippen LogP contribution in [-0.2, 0) is 9.53 Å². The predicted molar refractivity (Wildman–Crippen MR) is 107 cm³/mol. The first kappa shape index (κ1) is 18.3. The normalized spacial score (nSPS) is 33.5. The SMILES string of the molecule is CC(C)CCC(=O)NC[C@H]1[C@H]2CN(c3cc(C4CC4)ncn3)C[C@]23CC[C@H]1O3. The lowest BCUT2D eigenvalue weighted by atomic mass is 9.73. The molecule has 4 atom stereocenters. The number of nitrogens with zero attached hydrogens (tertiary/aromatic N) is 3. The van der Waals surface area contributed by atoms with Crippen LogP contribution in [0, 0.1) is 17.8 Å². The Balaban J connectivity index is 1.25. The molecule has 152 valence electrons. The number of amides is 1. The van der Waals surface area contributed by atoms with Gasteiger partial charge < -0.3 is 15.0 Å². The third-order valence-corrected chi connectivity index (χ3v) is 7.26. The molecule has 6 heteroatoms. The van der Waals surface area contributed by atoms with Crippen LogP contribution in [-0.4, -0.2) is 47.2 Å². The smallest absolute Gasteiger partial charge is 0.220 e. The van der Waals surface area contributed by atoms with Crippen LogP contribution in [0.3, 0.4) is 0 Å². The monoisotopic (exact) mass is 384 g/mol. The van der Waals surface area contributed by atoms with Crippen LogP contribution in [0.1, 0.15) is 64.0 Å². The summed E-state index contributed by atoms with van der Waals surface area (Å²) in [6.45, 7) is 6.97. The molecule has 1 aromatic heterocycles. The molecule has 4 fully saturated rings. The Labute approximate surface area is 167 Å². The molecule has 3 saturated heterocycles. The van der Waals surface area contributed by atoms with Gasteiger partial charge in [-0.2, -0.15) is 0 Å². The van der Waals surface area contributed by atoms with Crippen molar-refractivity contribution in [3.05, 3.63) is 18.1 Å². The Hall–Kier alpha value is -1.69. The highest BCUT2D eigenvalue weighted by molar-refractivity contribution is 5.75. The third kappa shape index (κ3) is 3.30. The number of rotatable bonds is 7. The standard InChI is InChI=1S/C22H32N4O2/c1-14(2)3-6-21(27)23-10-16-17-11-26(12-22(17)8-7-19(16)28-22)20-9-18(15-4-5-15)24-13-25-20/h9,13-17,19H,3-8,10-12H2,1-2H3,(H,23,27)/t16-,17+,19+,22+/m0/s1. The summed E-state index contributed by atoms with van der Waals surface area (Å²) in [7, 11) is 0. The molecule has 0 unspecified atom stereocenters. The Morgan fingerprint density at radius 3 is 3.00 bits per heavy atom. The minimum absolute atomic E-state index is 0.0390. The van der Waals surface area contributed by atoms with Gasteiger partial charge in [-0.1, -0.05) is 13.8 Å². The van der Waals surface area contributed by atoms with Crippen molar-refractivity contribution in [2.24, 2.45) is 17.8 Å². The third-order valence-electron chi connectivity index (χ3n) is 7.26. The highest BCUT2D eigenvalue weighted by atomic mass is 16.5. The Morgan fingerprint density at radius 1 is 1.36 bits per heavy atom. The van der Waals surface area contributed by atoms with E-state index in [0.717, 1.165) is 44.7 Å². The lowest BCUT2D eigenvalue weighted by Gasteiger charge is -2.29. The highest BCUT2D eigenvalue weighted by Gasteiger charge is 2.63. The molecular formula is C22H32N4O2. The molecule has 0 radical (unpaired) electrons. The molecular weight excluding hydrogens is 352 g/mol. The summed E-state index contributed by atoms with van der Waals surface area (Å²) in [5.74, 6) is 3.35. The molecule has 4 aliphatic rings. The summed E-state index contributed by atoms with van der Waals surface area (Å²) in [6.07, 6.45) is 8.38. The number of fused-ring (bicyclic) bond motifs is 1. The largest absolute Gasteiger partial charge is 0.369 e. The van der Waals surface area contributed by atoms with Gasteiger partial charge in [-0.25, -0.2) is 9.97 Å². The molecule has 2 bridgehead atoms. The van der Waals surface area contributed by atoms with Crippen LogP contribution in [0.25, 0.3) is 0 Å². The second-order valence-corrected chi connectivity index (χ2v) is 9.72. The van der Waals surface area contributed by atoms with E-state index in [1.807, 2.05) is 0 Å². The number of carbonyl (C=O) groups is 1. The lowest BCUT2D eigenvalue weighted by Crippen LogP contribution is -2.41. The van der Waals surface area contributed by atoms with Crippen LogP contribution < -0.4 is 10.2 Å². The fourth-order valence-corrected chi connectivity index (χ4v) is 5.51. The van der Waals surface area contributed by atoms with Crippen molar-refractivity contribution in [1.82, 2.24) is 15.3 Å². The van der Waals surface area contributed by atoms with Gasteiger partial charge >= 0.3 is 0 Å². The van der Waals surface area contributed by atoms with Gasteiger partial charge in [0, 0.05) is 55.6 Å². The Kier molecular flexibility index (Phi) is 4.57. The zero-order chi connectivity index (χ0) is 19.3. The topological polar surface area (TPSA) is 67.4 Å². The van der Waals surface area contributed by atoms with Gasteiger partial charge in [0.2, 0.25) is 5.91 Å². The van der Waals surface area contributed by atoms with Crippen molar-refractivity contribution >= 4 is 11.7 Å². The van der Waals surface area contributed by atoms with Gasteiger partial charge in [-0.05, 0) is 38.0 Å². The van der Waals surface area contributed by atoms with E-state index in [0.29, 0.717) is 36.2 Å². The molecule has 1 spiro atoms. The van der Waals surface area contributed by atoms with E-state index >= 15 is 0 Å². The molecule has 3 aliphatic heterocycles. The van der Waals surface area contributed by atoms with Gasteiger partial charge in [-0.3, -0.25) is 4.79 Å². The van der Waals surface area contributed by atoms with Crippen LogP contribution in [0.15, 0.2) is 12.4 Å². The second kappa shape index (κ2) is 6.97. The van der Waals surface area contributed by atoms with Crippen molar-refractivity contribution in [2.45, 2.75) is 70.0 Å². The Morgan fingerprint density at radius 2 is 2.21 bits per heavy atom. The van der Waals surface area contributed by atoms with Gasteiger partial charge in [0.25, 0.3) is 0 Å². The minimum atomic E-state index is -0.0390. The van der Waals surface area contributed by atoms with Gasteiger partial charge in [0.1, 0.15) is 12.1 Å². The predicted octanol–water partition coefficient (Wildman–Crippen LogP) is 2.89. The number of nitrogens with one attached hydrogen (secondary N) is 1. The highest BCUT2D eigenvalue weighted by Crippen LogP contribution is 2.55. The van der Waals surface area contributed by atoms with E-state index in [2.05, 4.69) is 40.1 Å². The summed E-state index contributed by atoms with van der Waals surface area (Å²) in [5, 5.41) is 3.20. The number of hydrogen-bond donors (Lipinski definition) is 1. The molecule has 1 saturated carbocycles. The minimum Gasteiger partial charge on any atom is -0.369 e. The molecule has 1 N–H and O–H groups in total. The lowest BCUT2D eigenvalue weighted by molar-refractivity contribution is -0.121. The zero-order valence-corrected chi connectivity index (χ0v) is 17.1. The molecule has 1 aliphatic carbocycles. The number of ether oxygens (including phenoxy) is 1. The molecule has 0 aromatic carbocycles. The maximum absolute atomic E-state index is 12.2. The van der Waals surface area contributed by atoms with Gasteiger partial charge in [0.05, 0.1) is 11.7 Å². The fraction of sp³-hybridized carbons (Fsp3) is 0.773. The first-order valence-corrected chi connectivity index (χ1v) is 11.1. The summed E-state index contributed by atoms with van der Waals surface area (Å²) in [4.78, 5) is 23.6. The molecule has 1 aromatic rings. The van der Waals surface area contributed by atoms with Crippen molar-refractivity contribution in [3.63, 3.8) is 0 Å². The average molecular weight is 385 g/mol. The van der Waals surface area contributed by atoms with Crippen LogP contribution in [0.4, 0.5) is 5.82 Å². The summed E-state index contributed by atoms with van der Waals surface area (Å²) in [6, 6.07) is 2.19. The van der Waals surface area contributed by atoms with E-state index in [4.69, 9.17) is 4.74 Å². The molecule has 5 rings (SSSR count). The van der Waals surface area contributed by atoms with Gasteiger partial charge in [0.15, 0.2) is 0 Å². The van der Waals surface area contributed by atoms with Crippen molar-refractivity contribution in [3.8, 4) is 0 Å².